The monoisotopic (exact) mass is 328 g/mol. The van der Waals surface area contributed by atoms with Gasteiger partial charge in [0.2, 0.25) is 0 Å². The molecule has 0 bridgehead atoms. The average molecular weight is 327 g/mol. The van der Waals surface area contributed by atoms with Gasteiger partial charge >= 0.3 is 0 Å². The first-order chi connectivity index (χ1) is 1.73. The van der Waals surface area contributed by atoms with Crippen LogP contribution in [0, 0.1) is 55.3 Å². The van der Waals surface area contributed by atoms with Gasteiger partial charge < -0.3 is 48.2 Å². The normalized spacial score (nSPS) is 2.18. The van der Waals surface area contributed by atoms with E-state index in [-0.39, 0.29) is 72.8 Å². The fourth-order valence-corrected chi connectivity index (χ4v) is 0. The van der Waals surface area contributed by atoms with Crippen LogP contribution in [0.1, 0.15) is 0 Å². The molecule has 10 nitrogen and oxygen atoms in total. The summed E-state index contributed by atoms with van der Waals surface area (Å²) in [6, 6.07) is 0. The molecule has 0 unspecified atom stereocenters. The number of hydrogen-bond acceptors (Lipinski definition) is 3. The molecule has 0 aliphatic rings. The maximum Gasteiger partial charge on any atom is 0.0689 e. The van der Waals surface area contributed by atoms with Gasteiger partial charge in [-0.2, -0.15) is 0 Å². The van der Waals surface area contributed by atoms with E-state index in [1.54, 1.807) is 0 Å². The van der Waals surface area contributed by atoms with E-state index in [1.807, 2.05) is 0 Å². The number of nitrogens with zero attached hydrogens (tertiary/aromatic N) is 1. The van der Waals surface area contributed by atoms with Gasteiger partial charge in [-0.15, -0.1) is 0 Å². The Bertz CT molecular complexity index is 32.5. The minimum Gasteiger partial charge on any atom is -0.412 e. The Morgan fingerprint density at radius 1 is 0.727 bits per heavy atom. The van der Waals surface area contributed by atoms with Gasteiger partial charge in [0.25, 0.3) is 0 Å². The summed E-state index contributed by atoms with van der Waals surface area (Å²) in [7, 11) is 0. The minimum atomic E-state index is -1.75. The van der Waals surface area contributed by atoms with Gasteiger partial charge in [-0.25, -0.2) is 0 Å². The maximum atomic E-state index is 8.25. The smallest absolute Gasteiger partial charge is 0.0689 e. The predicted molar refractivity (Wildman–Crippen MR) is 32.0 cm³/mol. The Morgan fingerprint density at radius 3 is 0.727 bits per heavy atom. The zero-order chi connectivity index (χ0) is 3.58. The van der Waals surface area contributed by atoms with Gasteiger partial charge in [-0.1, -0.05) is 0 Å². The second-order valence-electron chi connectivity index (χ2n) is 0.224. The summed E-state index contributed by atoms with van der Waals surface area (Å²) in [5.74, 6) is 0. The molecule has 0 atom stereocenters. The Morgan fingerprint density at radius 2 is 0.727 bits per heavy atom. The van der Waals surface area contributed by atoms with E-state index in [2.05, 4.69) is 0 Å². The van der Waals surface area contributed by atoms with Crippen LogP contribution in [0.15, 0.2) is 0 Å². The Labute approximate surface area is 92.8 Å². The van der Waals surface area contributed by atoms with Crippen LogP contribution in [-0.4, -0.2) is 37.9 Å². The second kappa shape index (κ2) is 82.2. The predicted octanol–water partition coefficient (Wildman–Crippen LogP) is -5.19. The second-order valence-corrected chi connectivity index (χ2v) is 0.224. The van der Waals surface area contributed by atoms with Crippen molar-refractivity contribution in [3.8, 4) is 0 Å². The fourth-order valence-electron chi connectivity index (χ4n) is 0. The van der Waals surface area contributed by atoms with E-state index in [0.29, 0.717) is 0 Å². The summed E-state index contributed by atoms with van der Waals surface area (Å²) in [5, 5.41) is 14.8. The summed E-state index contributed by atoms with van der Waals surface area (Å²) in [6.07, 6.45) is 0. The van der Waals surface area contributed by atoms with Crippen molar-refractivity contribution in [3.63, 3.8) is 0 Å². The standard InChI is InChI=1S/Gd.NO3.6H2O/c;2-1(3)4;;;;;;/h;;6*1H2/q;-1;;;;;;. The maximum absolute atomic E-state index is 8.25. The molecule has 11 heavy (non-hydrogen) atoms. The third-order valence-electron chi connectivity index (χ3n) is 0. The van der Waals surface area contributed by atoms with E-state index in [0.717, 1.165) is 0 Å². The van der Waals surface area contributed by atoms with Gasteiger partial charge in [-0.05, 0) is 0 Å². The van der Waals surface area contributed by atoms with Crippen LogP contribution in [0.2, 0.25) is 0 Å². The summed E-state index contributed by atoms with van der Waals surface area (Å²) < 4.78 is 0. The third-order valence-corrected chi connectivity index (χ3v) is 0. The Hall–Kier alpha value is 0.285. The van der Waals surface area contributed by atoms with Crippen molar-refractivity contribution in [1.29, 1.82) is 0 Å². The molecule has 0 saturated carbocycles. The largest absolute Gasteiger partial charge is 0.412 e. The van der Waals surface area contributed by atoms with E-state index < -0.39 is 5.09 Å². The average Bonchev–Trinajstić information content (AvgIpc) is 0.811. The summed E-state index contributed by atoms with van der Waals surface area (Å²) in [4.78, 5) is 8.25. The molecule has 0 aromatic carbocycles. The first kappa shape index (κ1) is 111. The summed E-state index contributed by atoms with van der Waals surface area (Å²) in [6.45, 7) is 0. The zero-order valence-electron chi connectivity index (χ0n) is 5.03. The van der Waals surface area contributed by atoms with Gasteiger partial charge in [0.15, 0.2) is 0 Å². The van der Waals surface area contributed by atoms with Crippen molar-refractivity contribution in [2.24, 2.45) is 0 Å². The molecular formula is H12GdNO9-. The first-order valence-electron chi connectivity index (χ1n) is 0.548. The Balaban J connectivity index is -0.00000000214. The van der Waals surface area contributed by atoms with Crippen molar-refractivity contribution in [1.82, 2.24) is 0 Å². The minimum absolute atomic E-state index is 0. The molecule has 0 amide bonds. The van der Waals surface area contributed by atoms with Crippen LogP contribution in [0.25, 0.3) is 0 Å². The fraction of sp³-hybridized carbons (Fsp3) is 0. The van der Waals surface area contributed by atoms with Gasteiger partial charge in [-0.3, -0.25) is 0 Å². The van der Waals surface area contributed by atoms with E-state index in [4.69, 9.17) is 15.3 Å². The van der Waals surface area contributed by atoms with Crippen molar-refractivity contribution in [3.05, 3.63) is 15.3 Å². The molecule has 0 saturated heterocycles. The summed E-state index contributed by atoms with van der Waals surface area (Å²) >= 11 is 0. The van der Waals surface area contributed by atoms with Crippen LogP contribution in [0.3, 0.4) is 0 Å². The van der Waals surface area contributed by atoms with Crippen LogP contribution in [0.4, 0.5) is 0 Å². The van der Waals surface area contributed by atoms with Gasteiger partial charge in [0.1, 0.15) is 0 Å². The summed E-state index contributed by atoms with van der Waals surface area (Å²) in [5.41, 5.74) is 0. The quantitative estimate of drug-likeness (QED) is 0.312. The number of rotatable bonds is 0. The molecule has 0 rings (SSSR count). The molecule has 0 heterocycles. The van der Waals surface area contributed by atoms with Gasteiger partial charge in [0.05, 0.1) is 5.09 Å². The molecule has 0 aromatic rings. The molecule has 0 radical (unpaired) electrons. The van der Waals surface area contributed by atoms with Crippen LogP contribution in [0.5, 0.6) is 0 Å². The van der Waals surface area contributed by atoms with E-state index in [9.17, 15) is 0 Å². The van der Waals surface area contributed by atoms with Crippen LogP contribution >= 0.6 is 0 Å². The first-order valence-corrected chi connectivity index (χ1v) is 0.548. The molecule has 11 heteroatoms. The van der Waals surface area contributed by atoms with E-state index in [1.165, 1.54) is 0 Å². The van der Waals surface area contributed by atoms with Crippen LogP contribution in [-0.2, 0) is 0 Å². The molecule has 0 aromatic heterocycles. The molecule has 0 aliphatic heterocycles. The van der Waals surface area contributed by atoms with Crippen molar-refractivity contribution in [2.75, 3.05) is 0 Å². The van der Waals surface area contributed by atoms with Crippen molar-refractivity contribution >= 4 is 0 Å². The molecule has 0 aliphatic carbocycles. The molecule has 12 N–H and O–H groups in total. The topological polar surface area (TPSA) is 255 Å². The zero-order valence-corrected chi connectivity index (χ0v) is 7.29. The molecule has 0 fully saturated rings. The molecular weight excluding hydrogens is 315 g/mol. The molecule has 80 valence electrons. The van der Waals surface area contributed by atoms with Crippen molar-refractivity contribution < 1.29 is 77.9 Å². The SMILES string of the molecule is O.O.O.O.O.O.O=[N+]([O-])[O-].[Gd]. The van der Waals surface area contributed by atoms with Gasteiger partial charge in [0, 0.05) is 39.9 Å². The van der Waals surface area contributed by atoms with E-state index >= 15 is 0 Å². The third kappa shape index (κ3) is 8710. The Kier molecular flexibility index (Phi) is 826. The molecule has 0 spiro atoms. The van der Waals surface area contributed by atoms with Crippen molar-refractivity contribution in [2.45, 2.75) is 0 Å². The number of hydrogen-bond donors (Lipinski definition) is 0. The van der Waals surface area contributed by atoms with Crippen LogP contribution < -0.4 is 0 Å².